The van der Waals surface area contributed by atoms with Crippen LogP contribution < -0.4 is 5.73 Å². The van der Waals surface area contributed by atoms with Crippen molar-refractivity contribution in [1.82, 2.24) is 0 Å². The molecule has 1 aromatic rings. The topological polar surface area (TPSA) is 26.0 Å². The molecule has 14 heavy (non-hydrogen) atoms. The molecule has 1 aromatic heterocycles. The van der Waals surface area contributed by atoms with Gasteiger partial charge in [0.15, 0.2) is 0 Å². The fourth-order valence-corrected chi connectivity index (χ4v) is 2.33. The third kappa shape index (κ3) is 2.30. The van der Waals surface area contributed by atoms with Gasteiger partial charge in [0, 0.05) is 9.75 Å². The average molecular weight is 219 g/mol. The van der Waals surface area contributed by atoms with Gasteiger partial charge in [0.2, 0.25) is 0 Å². The minimum Gasteiger partial charge on any atom is -0.316 e. The Morgan fingerprint density at radius 3 is 2.64 bits per heavy atom. The van der Waals surface area contributed by atoms with E-state index < -0.39 is 12.0 Å². The van der Waals surface area contributed by atoms with Crippen molar-refractivity contribution in [3.05, 3.63) is 21.9 Å². The normalized spacial score (nSPS) is 15.9. The number of aryl methyl sites for hydroxylation is 1. The standard InChI is InChI=1S/C10H15F2NS/c1-3-4-7-5-6-8(14-7)10(2,13)9(11)12/h5-6,9H,3-4,13H2,1-2H3. The van der Waals surface area contributed by atoms with E-state index in [1.807, 2.05) is 6.07 Å². The van der Waals surface area contributed by atoms with Gasteiger partial charge in [-0.3, -0.25) is 0 Å². The van der Waals surface area contributed by atoms with E-state index in [0.29, 0.717) is 4.88 Å². The van der Waals surface area contributed by atoms with E-state index in [0.717, 1.165) is 17.7 Å². The van der Waals surface area contributed by atoms with E-state index in [9.17, 15) is 8.78 Å². The minimum atomic E-state index is -2.52. The highest BCUT2D eigenvalue weighted by Gasteiger charge is 2.33. The van der Waals surface area contributed by atoms with E-state index in [-0.39, 0.29) is 0 Å². The molecule has 1 unspecified atom stereocenters. The number of rotatable bonds is 4. The lowest BCUT2D eigenvalue weighted by atomic mass is 10.0. The van der Waals surface area contributed by atoms with Gasteiger partial charge in [0.1, 0.15) is 5.54 Å². The minimum absolute atomic E-state index is 0.566. The molecule has 1 heterocycles. The molecule has 1 nitrogen and oxygen atoms in total. The molecule has 0 aliphatic rings. The summed E-state index contributed by atoms with van der Waals surface area (Å²) >= 11 is 1.39. The molecule has 0 spiro atoms. The van der Waals surface area contributed by atoms with Crippen molar-refractivity contribution in [2.75, 3.05) is 0 Å². The van der Waals surface area contributed by atoms with Crippen LogP contribution in [0.2, 0.25) is 0 Å². The lowest BCUT2D eigenvalue weighted by molar-refractivity contribution is 0.0644. The van der Waals surface area contributed by atoms with Crippen LogP contribution in [0, 0.1) is 0 Å². The number of halogens is 2. The Hall–Kier alpha value is -0.480. The molecule has 1 atom stereocenters. The van der Waals surface area contributed by atoms with Crippen molar-refractivity contribution in [2.45, 2.75) is 38.7 Å². The van der Waals surface area contributed by atoms with Crippen molar-refractivity contribution >= 4 is 11.3 Å². The van der Waals surface area contributed by atoms with Crippen molar-refractivity contribution in [3.8, 4) is 0 Å². The lowest BCUT2D eigenvalue weighted by Crippen LogP contribution is -2.39. The van der Waals surface area contributed by atoms with Gasteiger partial charge in [-0.2, -0.15) is 0 Å². The number of hydrogen-bond donors (Lipinski definition) is 1. The van der Waals surface area contributed by atoms with Crippen molar-refractivity contribution in [1.29, 1.82) is 0 Å². The molecule has 80 valence electrons. The van der Waals surface area contributed by atoms with Gasteiger partial charge in [-0.25, -0.2) is 8.78 Å². The zero-order chi connectivity index (χ0) is 10.8. The van der Waals surface area contributed by atoms with Crippen molar-refractivity contribution in [2.24, 2.45) is 5.73 Å². The highest BCUT2D eigenvalue weighted by atomic mass is 32.1. The van der Waals surface area contributed by atoms with Crippen LogP contribution in [0.5, 0.6) is 0 Å². The number of alkyl halides is 2. The lowest BCUT2D eigenvalue weighted by Gasteiger charge is -2.21. The summed E-state index contributed by atoms with van der Waals surface area (Å²) in [6.45, 7) is 3.44. The van der Waals surface area contributed by atoms with Gasteiger partial charge in [-0.15, -0.1) is 11.3 Å². The van der Waals surface area contributed by atoms with E-state index in [1.165, 1.54) is 18.3 Å². The van der Waals surface area contributed by atoms with Crippen LogP contribution in [-0.4, -0.2) is 6.43 Å². The van der Waals surface area contributed by atoms with Crippen LogP contribution >= 0.6 is 11.3 Å². The summed E-state index contributed by atoms with van der Waals surface area (Å²) < 4.78 is 25.2. The number of hydrogen-bond acceptors (Lipinski definition) is 2. The SMILES string of the molecule is CCCc1ccc(C(C)(N)C(F)F)s1. The zero-order valence-corrected chi connectivity index (χ0v) is 9.20. The maximum absolute atomic E-state index is 12.6. The summed E-state index contributed by atoms with van der Waals surface area (Å²) in [6.07, 6.45) is -0.560. The average Bonchev–Trinajstić information content (AvgIpc) is 2.53. The molecule has 0 amide bonds. The van der Waals surface area contributed by atoms with Crippen molar-refractivity contribution in [3.63, 3.8) is 0 Å². The highest BCUT2D eigenvalue weighted by Crippen LogP contribution is 2.31. The molecule has 2 N–H and O–H groups in total. The van der Waals surface area contributed by atoms with E-state index in [1.54, 1.807) is 6.07 Å². The third-order valence-corrected chi connectivity index (χ3v) is 3.54. The Morgan fingerprint density at radius 2 is 2.14 bits per heavy atom. The van der Waals surface area contributed by atoms with E-state index in [2.05, 4.69) is 6.92 Å². The number of thiophene rings is 1. The van der Waals surface area contributed by atoms with Crippen LogP contribution in [-0.2, 0) is 12.0 Å². The third-order valence-electron chi connectivity index (χ3n) is 2.14. The predicted octanol–water partition coefficient (Wildman–Crippen LogP) is 3.14. The second-order valence-corrected chi connectivity index (χ2v) is 4.77. The maximum atomic E-state index is 12.6. The summed E-state index contributed by atoms with van der Waals surface area (Å²) in [6, 6.07) is 3.60. The Morgan fingerprint density at radius 1 is 1.50 bits per heavy atom. The molecular weight excluding hydrogens is 204 g/mol. The first-order valence-electron chi connectivity index (χ1n) is 4.64. The summed E-state index contributed by atoms with van der Waals surface area (Å²) in [4.78, 5) is 1.69. The molecule has 0 bridgehead atoms. The molecule has 0 saturated heterocycles. The molecule has 0 radical (unpaired) electrons. The molecule has 0 saturated carbocycles. The fourth-order valence-electron chi connectivity index (χ4n) is 1.16. The summed E-state index contributed by atoms with van der Waals surface area (Å²) in [5.41, 5.74) is 4.05. The molecule has 0 aliphatic carbocycles. The van der Waals surface area contributed by atoms with Gasteiger partial charge in [0.05, 0.1) is 0 Å². The van der Waals surface area contributed by atoms with Gasteiger partial charge < -0.3 is 5.73 Å². The second kappa shape index (κ2) is 4.36. The maximum Gasteiger partial charge on any atom is 0.260 e. The molecule has 1 rings (SSSR count). The quantitative estimate of drug-likeness (QED) is 0.827. The predicted molar refractivity (Wildman–Crippen MR) is 55.9 cm³/mol. The molecular formula is C10H15F2NS. The summed E-state index contributed by atoms with van der Waals surface area (Å²) in [5, 5.41) is 0. The first kappa shape index (κ1) is 11.6. The van der Waals surface area contributed by atoms with Gasteiger partial charge in [-0.1, -0.05) is 13.3 Å². The molecule has 0 aromatic carbocycles. The monoisotopic (exact) mass is 219 g/mol. The number of nitrogens with two attached hydrogens (primary N) is 1. The van der Waals surface area contributed by atoms with Crippen LogP contribution in [0.3, 0.4) is 0 Å². The summed E-state index contributed by atoms with van der Waals surface area (Å²) in [5.74, 6) is 0. The first-order valence-corrected chi connectivity index (χ1v) is 5.46. The fraction of sp³-hybridized carbons (Fsp3) is 0.600. The van der Waals surface area contributed by atoms with Gasteiger partial charge >= 0.3 is 0 Å². The zero-order valence-electron chi connectivity index (χ0n) is 8.39. The van der Waals surface area contributed by atoms with Crippen LogP contribution in [0.1, 0.15) is 30.0 Å². The molecule has 0 fully saturated rings. The highest BCUT2D eigenvalue weighted by molar-refractivity contribution is 7.12. The molecule has 0 aliphatic heterocycles. The molecule has 4 heteroatoms. The van der Waals surface area contributed by atoms with Crippen molar-refractivity contribution < 1.29 is 8.78 Å². The Labute approximate surface area is 86.9 Å². The van der Waals surface area contributed by atoms with E-state index >= 15 is 0 Å². The first-order chi connectivity index (χ1) is 6.48. The van der Waals surface area contributed by atoms with Crippen LogP contribution in [0.4, 0.5) is 8.78 Å². The Kier molecular flexibility index (Phi) is 3.61. The smallest absolute Gasteiger partial charge is 0.260 e. The second-order valence-electron chi connectivity index (χ2n) is 3.60. The Bertz CT molecular complexity index is 294. The van der Waals surface area contributed by atoms with E-state index in [4.69, 9.17) is 5.73 Å². The van der Waals surface area contributed by atoms with Crippen LogP contribution in [0.15, 0.2) is 12.1 Å². The van der Waals surface area contributed by atoms with Gasteiger partial charge in [0.25, 0.3) is 6.43 Å². The Balaban J connectivity index is 2.85. The van der Waals surface area contributed by atoms with Gasteiger partial charge in [-0.05, 0) is 25.5 Å². The van der Waals surface area contributed by atoms with Crippen LogP contribution in [0.25, 0.3) is 0 Å². The largest absolute Gasteiger partial charge is 0.316 e. The summed E-state index contributed by atoms with van der Waals surface area (Å²) in [7, 11) is 0.